The number of hydrogen-bond acceptors (Lipinski definition) is 3. The smallest absolute Gasteiger partial charge is 0.275 e. The number of nitrogens with one attached hydrogen (secondary N) is 1. The van der Waals surface area contributed by atoms with Crippen molar-refractivity contribution in [3.05, 3.63) is 35.9 Å². The van der Waals surface area contributed by atoms with Gasteiger partial charge in [-0.2, -0.15) is 0 Å². The van der Waals surface area contributed by atoms with E-state index in [0.717, 1.165) is 51.1 Å². The van der Waals surface area contributed by atoms with Crippen LogP contribution in [-0.4, -0.2) is 61.0 Å². The van der Waals surface area contributed by atoms with Crippen molar-refractivity contribution in [3.8, 4) is 0 Å². The Kier molecular flexibility index (Phi) is 5.31. The fraction of sp³-hybridized carbons (Fsp3) is 0.714. The van der Waals surface area contributed by atoms with Gasteiger partial charge in [0.15, 0.2) is 0 Å². The molecule has 1 atom stereocenters. The molecule has 3 nitrogen and oxygen atoms in total. The van der Waals surface area contributed by atoms with E-state index >= 15 is 0 Å². The number of benzene rings is 1. The van der Waals surface area contributed by atoms with Crippen LogP contribution in [0.2, 0.25) is 0 Å². The zero-order chi connectivity index (χ0) is 18.0. The summed E-state index contributed by atoms with van der Waals surface area (Å²) in [6.45, 7) is 5.15. The van der Waals surface area contributed by atoms with Crippen LogP contribution in [-0.2, 0) is 6.54 Å². The SMILES string of the molecule is FC1(F)CN(Cc2ccccc2)CCC1N1CCC2(CCNCC2)CC1. The molecule has 0 aromatic heterocycles. The average molecular weight is 363 g/mol. The van der Waals surface area contributed by atoms with E-state index in [0.29, 0.717) is 18.4 Å². The molecule has 3 heterocycles. The largest absolute Gasteiger partial charge is 0.317 e. The lowest BCUT2D eigenvalue weighted by molar-refractivity contribution is -0.138. The van der Waals surface area contributed by atoms with E-state index in [2.05, 4.69) is 10.2 Å². The van der Waals surface area contributed by atoms with Gasteiger partial charge in [0.1, 0.15) is 0 Å². The van der Waals surface area contributed by atoms with Gasteiger partial charge in [-0.25, -0.2) is 8.78 Å². The van der Waals surface area contributed by atoms with E-state index in [1.54, 1.807) is 0 Å². The van der Waals surface area contributed by atoms with Crippen LogP contribution >= 0.6 is 0 Å². The van der Waals surface area contributed by atoms with Crippen LogP contribution in [0.15, 0.2) is 30.3 Å². The van der Waals surface area contributed by atoms with Crippen molar-refractivity contribution in [1.29, 1.82) is 0 Å². The zero-order valence-electron chi connectivity index (χ0n) is 15.6. The fourth-order valence-corrected chi connectivity index (χ4v) is 5.19. The van der Waals surface area contributed by atoms with E-state index in [1.165, 1.54) is 12.8 Å². The predicted molar refractivity (Wildman–Crippen MR) is 100 cm³/mol. The second-order valence-electron chi connectivity index (χ2n) is 8.55. The second-order valence-corrected chi connectivity index (χ2v) is 8.55. The molecule has 3 aliphatic heterocycles. The van der Waals surface area contributed by atoms with Crippen LogP contribution in [0.4, 0.5) is 8.78 Å². The molecular weight excluding hydrogens is 332 g/mol. The first-order valence-electron chi connectivity index (χ1n) is 10.2. The summed E-state index contributed by atoms with van der Waals surface area (Å²) in [5.41, 5.74) is 1.54. The molecule has 3 fully saturated rings. The molecule has 1 aromatic rings. The van der Waals surface area contributed by atoms with E-state index < -0.39 is 12.0 Å². The minimum absolute atomic E-state index is 0.113. The molecule has 0 aliphatic carbocycles. The van der Waals surface area contributed by atoms with Crippen molar-refractivity contribution in [2.24, 2.45) is 5.41 Å². The Hall–Kier alpha value is -1.04. The maximum Gasteiger partial charge on any atom is 0.275 e. The van der Waals surface area contributed by atoms with Gasteiger partial charge in [0.25, 0.3) is 5.92 Å². The van der Waals surface area contributed by atoms with Gasteiger partial charge in [0, 0.05) is 13.1 Å². The Morgan fingerprint density at radius 3 is 2.31 bits per heavy atom. The highest BCUT2D eigenvalue weighted by Gasteiger charge is 2.49. The molecule has 0 radical (unpaired) electrons. The zero-order valence-corrected chi connectivity index (χ0v) is 15.6. The van der Waals surface area contributed by atoms with Gasteiger partial charge >= 0.3 is 0 Å². The maximum absolute atomic E-state index is 14.9. The molecule has 4 rings (SSSR count). The van der Waals surface area contributed by atoms with Gasteiger partial charge in [0.2, 0.25) is 0 Å². The summed E-state index contributed by atoms with van der Waals surface area (Å²) < 4.78 is 29.9. The lowest BCUT2D eigenvalue weighted by Crippen LogP contribution is -2.60. The first-order chi connectivity index (χ1) is 12.6. The minimum atomic E-state index is -2.62. The molecule has 1 aromatic carbocycles. The standard InChI is InChI=1S/C21H31F2N3/c22-21(23)17-25(16-18-4-2-1-3-5-18)13-6-19(21)26-14-9-20(10-15-26)7-11-24-12-8-20/h1-5,19,24H,6-17H2. The maximum atomic E-state index is 14.9. The number of nitrogens with zero attached hydrogens (tertiary/aromatic N) is 2. The molecular formula is C21H31F2N3. The topological polar surface area (TPSA) is 18.5 Å². The summed E-state index contributed by atoms with van der Waals surface area (Å²) in [4.78, 5) is 4.03. The normalized spacial score (nSPS) is 29.7. The first-order valence-corrected chi connectivity index (χ1v) is 10.2. The third-order valence-electron chi connectivity index (χ3n) is 6.85. The molecule has 1 spiro atoms. The summed E-state index contributed by atoms with van der Waals surface area (Å²) in [7, 11) is 0. The Morgan fingerprint density at radius 1 is 0.962 bits per heavy atom. The highest BCUT2D eigenvalue weighted by Crippen LogP contribution is 2.42. The van der Waals surface area contributed by atoms with Gasteiger partial charge in [0.05, 0.1) is 12.6 Å². The van der Waals surface area contributed by atoms with Gasteiger partial charge < -0.3 is 5.32 Å². The summed E-state index contributed by atoms with van der Waals surface area (Å²) in [5, 5.41) is 3.43. The molecule has 3 saturated heterocycles. The van der Waals surface area contributed by atoms with Gasteiger partial charge in [-0.15, -0.1) is 0 Å². The Bertz CT molecular complexity index is 576. The van der Waals surface area contributed by atoms with Crippen LogP contribution in [0.3, 0.4) is 0 Å². The monoisotopic (exact) mass is 363 g/mol. The van der Waals surface area contributed by atoms with E-state index in [-0.39, 0.29) is 6.54 Å². The highest BCUT2D eigenvalue weighted by atomic mass is 19.3. The molecule has 0 saturated carbocycles. The van der Waals surface area contributed by atoms with Gasteiger partial charge in [-0.05, 0) is 69.3 Å². The Balaban J connectivity index is 1.34. The molecule has 144 valence electrons. The van der Waals surface area contributed by atoms with Crippen molar-refractivity contribution in [1.82, 2.24) is 15.1 Å². The summed E-state index contributed by atoms with van der Waals surface area (Å²) in [6, 6.07) is 9.39. The van der Waals surface area contributed by atoms with E-state index in [4.69, 9.17) is 0 Å². The summed E-state index contributed by atoms with van der Waals surface area (Å²) >= 11 is 0. The molecule has 3 aliphatic rings. The Morgan fingerprint density at radius 2 is 1.65 bits per heavy atom. The lowest BCUT2D eigenvalue weighted by atomic mass is 9.71. The van der Waals surface area contributed by atoms with Gasteiger partial charge in [-0.3, -0.25) is 9.80 Å². The van der Waals surface area contributed by atoms with Crippen LogP contribution in [0.5, 0.6) is 0 Å². The third-order valence-corrected chi connectivity index (χ3v) is 6.85. The fourth-order valence-electron chi connectivity index (χ4n) is 5.19. The number of likely N-dealkylation sites (tertiary alicyclic amines) is 2. The quantitative estimate of drug-likeness (QED) is 0.888. The third kappa shape index (κ3) is 3.95. The number of alkyl halides is 2. The number of rotatable bonds is 3. The average Bonchev–Trinajstić information content (AvgIpc) is 2.64. The summed E-state index contributed by atoms with van der Waals surface area (Å²) in [5.74, 6) is -2.62. The van der Waals surface area contributed by atoms with E-state index in [9.17, 15) is 8.78 Å². The number of piperidine rings is 3. The second kappa shape index (κ2) is 7.53. The predicted octanol–water partition coefficient (Wildman–Crippen LogP) is 3.36. The van der Waals surface area contributed by atoms with Crippen LogP contribution in [0.25, 0.3) is 0 Å². The molecule has 0 bridgehead atoms. The van der Waals surface area contributed by atoms with Crippen LogP contribution in [0.1, 0.15) is 37.7 Å². The highest BCUT2D eigenvalue weighted by molar-refractivity contribution is 5.15. The molecule has 0 amide bonds. The first kappa shape index (κ1) is 18.3. The van der Waals surface area contributed by atoms with Crippen molar-refractivity contribution in [2.75, 3.05) is 39.3 Å². The molecule has 1 N–H and O–H groups in total. The summed E-state index contributed by atoms with van der Waals surface area (Å²) in [6.07, 6.45) is 5.19. The van der Waals surface area contributed by atoms with Crippen molar-refractivity contribution in [2.45, 2.75) is 50.6 Å². The lowest BCUT2D eigenvalue weighted by Gasteiger charge is -2.49. The number of hydrogen-bond donors (Lipinski definition) is 1. The van der Waals surface area contributed by atoms with E-state index in [1.807, 2.05) is 35.2 Å². The molecule has 5 heteroatoms. The molecule has 1 unspecified atom stereocenters. The Labute approximate surface area is 155 Å². The minimum Gasteiger partial charge on any atom is -0.317 e. The molecule has 26 heavy (non-hydrogen) atoms. The van der Waals surface area contributed by atoms with Gasteiger partial charge in [-0.1, -0.05) is 30.3 Å². The van der Waals surface area contributed by atoms with Crippen molar-refractivity contribution < 1.29 is 8.78 Å². The van der Waals surface area contributed by atoms with Crippen molar-refractivity contribution >= 4 is 0 Å². The van der Waals surface area contributed by atoms with Crippen molar-refractivity contribution in [3.63, 3.8) is 0 Å². The van der Waals surface area contributed by atoms with Crippen LogP contribution in [0, 0.1) is 5.41 Å². The van der Waals surface area contributed by atoms with Crippen LogP contribution < -0.4 is 5.32 Å². The number of halogens is 2.